The van der Waals surface area contributed by atoms with Crippen LogP contribution in [0.1, 0.15) is 29.7 Å². The molecule has 0 radical (unpaired) electrons. The second-order valence-electron chi connectivity index (χ2n) is 5.02. The van der Waals surface area contributed by atoms with Gasteiger partial charge in [0.2, 0.25) is 0 Å². The molecule has 3 nitrogen and oxygen atoms in total. The molecule has 2 N–H and O–H groups in total. The fourth-order valence-corrected chi connectivity index (χ4v) is 3.00. The maximum Gasteiger partial charge on any atom is 0.129 e. The summed E-state index contributed by atoms with van der Waals surface area (Å²) in [6.45, 7) is 0. The van der Waals surface area contributed by atoms with Crippen LogP contribution in [-0.4, -0.2) is 7.11 Å². The molecule has 21 heavy (non-hydrogen) atoms. The number of halogens is 2. The predicted octanol–water partition coefficient (Wildman–Crippen LogP) is 4.12. The molecule has 0 aliphatic carbocycles. The lowest BCUT2D eigenvalue weighted by atomic mass is 9.93. The molecule has 1 unspecified atom stereocenters. The van der Waals surface area contributed by atoms with E-state index in [9.17, 15) is 4.39 Å². The quantitative estimate of drug-likeness (QED) is 0.884. The van der Waals surface area contributed by atoms with E-state index in [-0.39, 0.29) is 18.0 Å². The highest BCUT2D eigenvalue weighted by molar-refractivity contribution is 9.10. The molecular formula is C16H15BrFNO2. The average molecular weight is 352 g/mol. The summed E-state index contributed by atoms with van der Waals surface area (Å²) >= 11 is 3.45. The minimum Gasteiger partial charge on any atom is -0.496 e. The number of methoxy groups -OCH3 is 1. The van der Waals surface area contributed by atoms with E-state index in [1.807, 2.05) is 18.2 Å². The van der Waals surface area contributed by atoms with Gasteiger partial charge < -0.3 is 15.2 Å². The van der Waals surface area contributed by atoms with Crippen molar-refractivity contribution in [2.24, 2.45) is 5.73 Å². The molecule has 2 atom stereocenters. The van der Waals surface area contributed by atoms with Crippen LogP contribution in [0, 0.1) is 5.82 Å². The van der Waals surface area contributed by atoms with E-state index in [0.29, 0.717) is 12.2 Å². The maximum atomic E-state index is 13.4. The zero-order valence-electron chi connectivity index (χ0n) is 11.5. The van der Waals surface area contributed by atoms with Crippen LogP contribution in [0.25, 0.3) is 0 Å². The molecule has 2 aromatic carbocycles. The SMILES string of the molecule is COc1ccc(Br)cc1C1C[C@@H](N)c2ccc(F)cc2O1. The molecule has 1 heterocycles. The van der Waals surface area contributed by atoms with Gasteiger partial charge in [-0.1, -0.05) is 22.0 Å². The largest absolute Gasteiger partial charge is 0.496 e. The molecule has 0 saturated heterocycles. The lowest BCUT2D eigenvalue weighted by Crippen LogP contribution is -2.24. The summed E-state index contributed by atoms with van der Waals surface area (Å²) in [7, 11) is 1.61. The number of nitrogens with two attached hydrogens (primary N) is 1. The molecule has 110 valence electrons. The van der Waals surface area contributed by atoms with Crippen LogP contribution in [0.4, 0.5) is 4.39 Å². The Balaban J connectivity index is 2.01. The van der Waals surface area contributed by atoms with Crippen molar-refractivity contribution in [3.8, 4) is 11.5 Å². The summed E-state index contributed by atoms with van der Waals surface area (Å²) in [4.78, 5) is 0. The van der Waals surface area contributed by atoms with Crippen LogP contribution in [0.2, 0.25) is 0 Å². The Hall–Kier alpha value is -1.59. The minimum absolute atomic E-state index is 0.192. The van der Waals surface area contributed by atoms with Crippen molar-refractivity contribution in [3.63, 3.8) is 0 Å². The molecule has 0 saturated carbocycles. The number of ether oxygens (including phenoxy) is 2. The van der Waals surface area contributed by atoms with E-state index >= 15 is 0 Å². The van der Waals surface area contributed by atoms with Crippen LogP contribution in [0.5, 0.6) is 11.5 Å². The van der Waals surface area contributed by atoms with Crippen molar-refractivity contribution in [1.29, 1.82) is 0 Å². The van der Waals surface area contributed by atoms with Gasteiger partial charge >= 0.3 is 0 Å². The Morgan fingerprint density at radius 3 is 2.81 bits per heavy atom. The van der Waals surface area contributed by atoms with E-state index in [1.165, 1.54) is 12.1 Å². The maximum absolute atomic E-state index is 13.4. The highest BCUT2D eigenvalue weighted by Crippen LogP contribution is 2.42. The highest BCUT2D eigenvalue weighted by atomic mass is 79.9. The highest BCUT2D eigenvalue weighted by Gasteiger charge is 2.29. The molecule has 0 amide bonds. The molecule has 3 rings (SSSR count). The van der Waals surface area contributed by atoms with Crippen molar-refractivity contribution in [1.82, 2.24) is 0 Å². The summed E-state index contributed by atoms with van der Waals surface area (Å²) in [5.41, 5.74) is 7.93. The second kappa shape index (κ2) is 5.66. The lowest BCUT2D eigenvalue weighted by molar-refractivity contribution is 0.157. The van der Waals surface area contributed by atoms with Gasteiger partial charge in [0.1, 0.15) is 23.4 Å². The van der Waals surface area contributed by atoms with E-state index < -0.39 is 0 Å². The van der Waals surface area contributed by atoms with Gasteiger partial charge in [0, 0.05) is 34.1 Å². The van der Waals surface area contributed by atoms with E-state index in [1.54, 1.807) is 13.2 Å². The van der Waals surface area contributed by atoms with E-state index in [0.717, 1.165) is 21.3 Å². The first-order valence-corrected chi connectivity index (χ1v) is 7.43. The third-order valence-electron chi connectivity index (χ3n) is 3.65. The molecule has 1 aliphatic heterocycles. The Bertz CT molecular complexity index is 677. The Morgan fingerprint density at radius 2 is 2.05 bits per heavy atom. The number of rotatable bonds is 2. The summed E-state index contributed by atoms with van der Waals surface area (Å²) in [5.74, 6) is 0.902. The molecular weight excluding hydrogens is 337 g/mol. The van der Waals surface area contributed by atoms with Gasteiger partial charge in [-0.25, -0.2) is 4.39 Å². The monoisotopic (exact) mass is 351 g/mol. The van der Waals surface area contributed by atoms with Gasteiger partial charge in [-0.3, -0.25) is 0 Å². The van der Waals surface area contributed by atoms with Gasteiger partial charge in [-0.05, 0) is 24.3 Å². The Morgan fingerprint density at radius 1 is 1.24 bits per heavy atom. The van der Waals surface area contributed by atoms with E-state index in [2.05, 4.69) is 15.9 Å². The van der Waals surface area contributed by atoms with Crippen LogP contribution >= 0.6 is 15.9 Å². The molecule has 2 aromatic rings. The zero-order chi connectivity index (χ0) is 15.0. The zero-order valence-corrected chi connectivity index (χ0v) is 13.1. The first-order chi connectivity index (χ1) is 10.1. The Kier molecular flexibility index (Phi) is 3.87. The molecule has 0 aromatic heterocycles. The fourth-order valence-electron chi connectivity index (χ4n) is 2.62. The molecule has 0 spiro atoms. The lowest BCUT2D eigenvalue weighted by Gasteiger charge is -2.31. The standard InChI is InChI=1S/C16H15BrFNO2/c1-20-14-5-2-9(17)6-12(14)16-8-13(19)11-4-3-10(18)7-15(11)21-16/h2-7,13,16H,8,19H2,1H3/t13-,16?/m1/s1. The average Bonchev–Trinajstić information content (AvgIpc) is 2.46. The van der Waals surface area contributed by atoms with Crippen molar-refractivity contribution < 1.29 is 13.9 Å². The number of benzene rings is 2. The van der Waals surface area contributed by atoms with Crippen molar-refractivity contribution in [2.75, 3.05) is 7.11 Å². The third-order valence-corrected chi connectivity index (χ3v) is 4.14. The van der Waals surface area contributed by atoms with Crippen LogP contribution < -0.4 is 15.2 Å². The normalized spacial score (nSPS) is 20.6. The van der Waals surface area contributed by atoms with Gasteiger partial charge in [0.05, 0.1) is 7.11 Å². The summed E-state index contributed by atoms with van der Waals surface area (Å²) in [6, 6.07) is 10.00. The van der Waals surface area contributed by atoms with Crippen molar-refractivity contribution in [3.05, 3.63) is 57.8 Å². The van der Waals surface area contributed by atoms with Crippen LogP contribution in [0.3, 0.4) is 0 Å². The summed E-state index contributed by atoms with van der Waals surface area (Å²) < 4.78 is 25.7. The van der Waals surface area contributed by atoms with Gasteiger partial charge in [-0.15, -0.1) is 0 Å². The number of hydrogen-bond donors (Lipinski definition) is 1. The van der Waals surface area contributed by atoms with Gasteiger partial charge in [0.15, 0.2) is 0 Å². The smallest absolute Gasteiger partial charge is 0.129 e. The first kappa shape index (κ1) is 14.4. The first-order valence-electron chi connectivity index (χ1n) is 6.63. The van der Waals surface area contributed by atoms with Crippen LogP contribution in [-0.2, 0) is 0 Å². The molecule has 0 fully saturated rings. The molecule has 1 aliphatic rings. The van der Waals surface area contributed by atoms with Gasteiger partial charge in [-0.2, -0.15) is 0 Å². The summed E-state index contributed by atoms with van der Waals surface area (Å²) in [6.07, 6.45) is 0.354. The predicted molar refractivity (Wildman–Crippen MR) is 82.0 cm³/mol. The van der Waals surface area contributed by atoms with Crippen LogP contribution in [0.15, 0.2) is 40.9 Å². The molecule has 0 bridgehead atoms. The van der Waals surface area contributed by atoms with Crippen molar-refractivity contribution >= 4 is 15.9 Å². The third kappa shape index (κ3) is 2.76. The van der Waals surface area contributed by atoms with Crippen molar-refractivity contribution in [2.45, 2.75) is 18.6 Å². The number of hydrogen-bond acceptors (Lipinski definition) is 3. The van der Waals surface area contributed by atoms with E-state index in [4.69, 9.17) is 15.2 Å². The fraction of sp³-hybridized carbons (Fsp3) is 0.250. The summed E-state index contributed by atoms with van der Waals surface area (Å²) in [5, 5.41) is 0. The Labute approximate surface area is 131 Å². The topological polar surface area (TPSA) is 44.5 Å². The van der Waals surface area contributed by atoms with Gasteiger partial charge in [0.25, 0.3) is 0 Å². The number of fused-ring (bicyclic) bond motifs is 1. The minimum atomic E-state index is -0.331. The second-order valence-corrected chi connectivity index (χ2v) is 5.93. The molecule has 5 heteroatoms.